The fraction of sp³-hybridized carbons (Fsp3) is 0.500. The van der Waals surface area contributed by atoms with Crippen LogP contribution in [0.2, 0.25) is 0 Å². The largest absolute Gasteiger partial charge is 0.363 e. The summed E-state index contributed by atoms with van der Waals surface area (Å²) in [5.74, 6) is -1.49. The summed E-state index contributed by atoms with van der Waals surface area (Å²) in [6.07, 6.45) is 0. The highest BCUT2D eigenvalue weighted by molar-refractivity contribution is 7.17. The second-order valence-corrected chi connectivity index (χ2v) is 5.47. The molecule has 102 valence electrons. The third-order valence-corrected chi connectivity index (χ3v) is 3.78. The lowest BCUT2D eigenvalue weighted by Crippen LogP contribution is -2.65. The van der Waals surface area contributed by atoms with E-state index in [1.54, 1.807) is 20.9 Å². The van der Waals surface area contributed by atoms with Crippen molar-refractivity contribution in [2.24, 2.45) is 0 Å². The van der Waals surface area contributed by atoms with Gasteiger partial charge in [0.2, 0.25) is 16.0 Å². The Labute approximate surface area is 113 Å². The molecule has 1 aliphatic heterocycles. The summed E-state index contributed by atoms with van der Waals surface area (Å²) >= 11 is 1.07. The monoisotopic (exact) mass is 283 g/mol. The van der Waals surface area contributed by atoms with Crippen molar-refractivity contribution < 1.29 is 14.4 Å². The number of amides is 3. The lowest BCUT2D eigenvalue weighted by atomic mass is 9.98. The molecule has 0 spiro atoms. The summed E-state index contributed by atoms with van der Waals surface area (Å²) in [7, 11) is 1.66. The second-order valence-electron chi connectivity index (χ2n) is 4.49. The van der Waals surface area contributed by atoms with Crippen molar-refractivity contribution in [3.63, 3.8) is 0 Å². The van der Waals surface area contributed by atoms with Crippen LogP contribution in [0.4, 0.5) is 5.13 Å². The molecular formula is C10H13N5O3S. The van der Waals surface area contributed by atoms with Crippen LogP contribution in [-0.2, 0) is 9.59 Å². The molecule has 1 aromatic heterocycles. The molecule has 0 aromatic carbocycles. The van der Waals surface area contributed by atoms with Gasteiger partial charge in [-0.3, -0.25) is 19.7 Å². The molecule has 0 bridgehead atoms. The summed E-state index contributed by atoms with van der Waals surface area (Å²) in [5, 5.41) is 13.1. The lowest BCUT2D eigenvalue weighted by molar-refractivity contribution is -0.143. The molecule has 1 aliphatic rings. The van der Waals surface area contributed by atoms with E-state index in [-0.39, 0.29) is 11.6 Å². The van der Waals surface area contributed by atoms with Crippen LogP contribution in [0.1, 0.15) is 23.6 Å². The molecule has 2 rings (SSSR count). The molecule has 0 radical (unpaired) electrons. The maximum Gasteiger partial charge on any atom is 0.286 e. The van der Waals surface area contributed by atoms with Crippen LogP contribution in [0.3, 0.4) is 0 Å². The maximum atomic E-state index is 12.3. The van der Waals surface area contributed by atoms with Gasteiger partial charge in [0.25, 0.3) is 11.8 Å². The van der Waals surface area contributed by atoms with E-state index < -0.39 is 23.3 Å². The van der Waals surface area contributed by atoms with E-state index in [9.17, 15) is 14.4 Å². The predicted molar refractivity (Wildman–Crippen MR) is 67.7 cm³/mol. The van der Waals surface area contributed by atoms with Crippen molar-refractivity contribution in [3.8, 4) is 0 Å². The Morgan fingerprint density at radius 1 is 1.42 bits per heavy atom. The first-order valence-corrected chi connectivity index (χ1v) is 6.35. The van der Waals surface area contributed by atoms with E-state index in [4.69, 9.17) is 0 Å². The number of hydrogen-bond acceptors (Lipinski definition) is 7. The Hall–Kier alpha value is -2.03. The quantitative estimate of drug-likeness (QED) is 0.706. The molecule has 0 aliphatic carbocycles. The molecule has 0 saturated carbocycles. The molecule has 0 atom stereocenters. The Bertz CT molecular complexity index is 553. The molecule has 1 saturated heterocycles. The van der Waals surface area contributed by atoms with Crippen molar-refractivity contribution in [1.29, 1.82) is 0 Å². The van der Waals surface area contributed by atoms with E-state index in [2.05, 4.69) is 20.8 Å². The number of nitrogens with one attached hydrogen (secondary N) is 2. The number of nitrogens with zero attached hydrogens (tertiary/aromatic N) is 3. The summed E-state index contributed by atoms with van der Waals surface area (Å²) in [6, 6.07) is 0. The zero-order chi connectivity index (χ0) is 14.2. The first-order valence-electron chi connectivity index (χ1n) is 5.53. The normalized spacial score (nSPS) is 18.2. The van der Waals surface area contributed by atoms with Gasteiger partial charge in [0.15, 0.2) is 0 Å². The predicted octanol–water partition coefficient (Wildman–Crippen LogP) is -0.543. The first kappa shape index (κ1) is 13.4. The van der Waals surface area contributed by atoms with Gasteiger partial charge < -0.3 is 10.2 Å². The summed E-state index contributed by atoms with van der Waals surface area (Å²) in [5.41, 5.74) is -1.10. The van der Waals surface area contributed by atoms with Crippen LogP contribution in [0, 0.1) is 0 Å². The highest BCUT2D eigenvalue weighted by atomic mass is 32.1. The maximum absolute atomic E-state index is 12.3. The number of carbonyl (C=O) groups excluding carboxylic acids is 3. The molecule has 19 heavy (non-hydrogen) atoms. The third-order valence-electron chi connectivity index (χ3n) is 2.85. The highest BCUT2D eigenvalue weighted by Crippen LogP contribution is 2.23. The zero-order valence-corrected chi connectivity index (χ0v) is 11.5. The van der Waals surface area contributed by atoms with Gasteiger partial charge in [-0.25, -0.2) is 0 Å². The fourth-order valence-corrected chi connectivity index (χ4v) is 2.28. The van der Waals surface area contributed by atoms with Gasteiger partial charge >= 0.3 is 0 Å². The van der Waals surface area contributed by atoms with Crippen LogP contribution in [0.25, 0.3) is 0 Å². The number of imide groups is 1. The first-order chi connectivity index (χ1) is 8.86. The van der Waals surface area contributed by atoms with Gasteiger partial charge in [0, 0.05) is 7.05 Å². The molecule has 8 nitrogen and oxygen atoms in total. The molecule has 2 N–H and O–H groups in total. The summed E-state index contributed by atoms with van der Waals surface area (Å²) in [6.45, 7) is 2.98. The lowest BCUT2D eigenvalue weighted by Gasteiger charge is -2.39. The molecule has 9 heteroatoms. The van der Waals surface area contributed by atoms with Crippen molar-refractivity contribution in [2.75, 3.05) is 18.9 Å². The molecule has 0 unspecified atom stereocenters. The van der Waals surface area contributed by atoms with Crippen molar-refractivity contribution in [2.45, 2.75) is 19.4 Å². The van der Waals surface area contributed by atoms with Crippen LogP contribution in [-0.4, -0.2) is 52.0 Å². The van der Waals surface area contributed by atoms with Crippen LogP contribution in [0.5, 0.6) is 0 Å². The third kappa shape index (κ3) is 2.28. The summed E-state index contributed by atoms with van der Waals surface area (Å²) < 4.78 is 0. The van der Waals surface area contributed by atoms with Crippen molar-refractivity contribution in [1.82, 2.24) is 20.4 Å². The molecule has 1 fully saturated rings. The van der Waals surface area contributed by atoms with E-state index >= 15 is 0 Å². The molecule has 2 heterocycles. The topological polar surface area (TPSA) is 104 Å². The van der Waals surface area contributed by atoms with E-state index in [0.717, 1.165) is 11.3 Å². The van der Waals surface area contributed by atoms with Gasteiger partial charge in [-0.2, -0.15) is 0 Å². The number of rotatable bonds is 2. The Morgan fingerprint density at radius 3 is 2.68 bits per heavy atom. The minimum absolute atomic E-state index is 0.139. The van der Waals surface area contributed by atoms with Crippen LogP contribution in [0.15, 0.2) is 0 Å². The van der Waals surface area contributed by atoms with Crippen LogP contribution < -0.4 is 10.6 Å². The van der Waals surface area contributed by atoms with E-state index in [1.165, 1.54) is 4.90 Å². The smallest absolute Gasteiger partial charge is 0.286 e. The standard InChI is InChI=1S/C10H13N5O3S/c1-10(2)8(18)12-5(16)4-15(10)7(17)6-13-14-9(11-3)19-6/h4H2,1-3H3,(H,11,14)(H,12,16,18). The highest BCUT2D eigenvalue weighted by Gasteiger charge is 2.44. The number of carbonyl (C=O) groups is 3. The van der Waals surface area contributed by atoms with Crippen molar-refractivity contribution >= 4 is 34.2 Å². The zero-order valence-electron chi connectivity index (χ0n) is 10.7. The Balaban J connectivity index is 2.30. The van der Waals surface area contributed by atoms with Gasteiger partial charge in [-0.05, 0) is 13.8 Å². The Kier molecular flexibility index (Phi) is 3.23. The fourth-order valence-electron chi connectivity index (χ4n) is 1.63. The molecule has 3 amide bonds. The minimum Gasteiger partial charge on any atom is -0.363 e. The number of aromatic nitrogens is 2. The van der Waals surface area contributed by atoms with Crippen molar-refractivity contribution in [3.05, 3.63) is 5.01 Å². The SMILES string of the molecule is CNc1nnc(C(=O)N2CC(=O)NC(=O)C2(C)C)s1. The second kappa shape index (κ2) is 4.57. The van der Waals surface area contributed by atoms with E-state index in [1.807, 2.05) is 0 Å². The summed E-state index contributed by atoms with van der Waals surface area (Å²) in [4.78, 5) is 36.7. The molecule has 1 aromatic rings. The average Bonchev–Trinajstić information content (AvgIpc) is 2.82. The van der Waals surface area contributed by atoms with Gasteiger partial charge in [-0.15, -0.1) is 10.2 Å². The Morgan fingerprint density at radius 2 is 2.11 bits per heavy atom. The number of anilines is 1. The molecular weight excluding hydrogens is 270 g/mol. The van der Waals surface area contributed by atoms with Crippen LogP contribution >= 0.6 is 11.3 Å². The van der Waals surface area contributed by atoms with Gasteiger partial charge in [0.1, 0.15) is 12.1 Å². The number of piperazine rings is 1. The number of hydrogen-bond donors (Lipinski definition) is 2. The average molecular weight is 283 g/mol. The minimum atomic E-state index is -1.10. The van der Waals surface area contributed by atoms with E-state index in [0.29, 0.717) is 5.13 Å². The van der Waals surface area contributed by atoms with Gasteiger partial charge in [0.05, 0.1) is 0 Å². The van der Waals surface area contributed by atoms with Gasteiger partial charge in [-0.1, -0.05) is 11.3 Å².